The third-order valence-corrected chi connectivity index (χ3v) is 7.03. The zero-order valence-electron chi connectivity index (χ0n) is 16.0. The van der Waals surface area contributed by atoms with Crippen molar-refractivity contribution in [1.29, 1.82) is 0 Å². The highest BCUT2D eigenvalue weighted by Gasteiger charge is 2.59. The van der Waals surface area contributed by atoms with Crippen molar-refractivity contribution in [1.82, 2.24) is 9.88 Å². The Bertz CT molecular complexity index is 996. The van der Waals surface area contributed by atoms with Crippen molar-refractivity contribution in [2.45, 2.75) is 19.8 Å². The van der Waals surface area contributed by atoms with Crippen molar-refractivity contribution in [3.05, 3.63) is 47.4 Å². The Morgan fingerprint density at radius 3 is 2.41 bits per heavy atom. The molecular weight excluding hydrogens is 386 g/mol. The minimum atomic E-state index is -0.394. The molecule has 1 aliphatic heterocycles. The van der Waals surface area contributed by atoms with Gasteiger partial charge in [-0.2, -0.15) is 0 Å². The van der Waals surface area contributed by atoms with Crippen LogP contribution in [0.15, 0.2) is 41.8 Å². The highest BCUT2D eigenvalue weighted by Crippen LogP contribution is 2.52. The Labute approximate surface area is 172 Å². The number of imide groups is 1. The minimum Gasteiger partial charge on any atom is -0.300 e. The minimum absolute atomic E-state index is 0.148. The Morgan fingerprint density at radius 1 is 1.14 bits per heavy atom. The van der Waals surface area contributed by atoms with E-state index in [1.165, 1.54) is 16.9 Å². The lowest BCUT2D eigenvalue weighted by Crippen LogP contribution is -2.39. The lowest BCUT2D eigenvalue weighted by atomic mass is 9.85. The second-order valence-corrected chi connectivity index (χ2v) is 8.76. The van der Waals surface area contributed by atoms with E-state index in [-0.39, 0.29) is 42.0 Å². The molecule has 1 saturated heterocycles. The lowest BCUT2D eigenvalue weighted by Gasteiger charge is -2.16. The van der Waals surface area contributed by atoms with Crippen LogP contribution in [0, 0.1) is 23.7 Å². The van der Waals surface area contributed by atoms with Gasteiger partial charge in [0.2, 0.25) is 17.7 Å². The predicted molar refractivity (Wildman–Crippen MR) is 110 cm³/mol. The number of fused-ring (bicyclic) bond motifs is 5. The molecule has 1 aromatic heterocycles. The summed E-state index contributed by atoms with van der Waals surface area (Å²) in [5.74, 6) is -1.06. The van der Waals surface area contributed by atoms with Crippen LogP contribution in [0.2, 0.25) is 0 Å². The van der Waals surface area contributed by atoms with E-state index >= 15 is 0 Å². The number of aromatic nitrogens is 1. The second kappa shape index (κ2) is 6.91. The Kier molecular flexibility index (Phi) is 4.35. The van der Waals surface area contributed by atoms with Crippen LogP contribution < -0.4 is 5.32 Å². The molecule has 5 rings (SSSR count). The number of hydrogen-bond acceptors (Lipinski definition) is 5. The first-order chi connectivity index (χ1) is 14.0. The fraction of sp³-hybridized carbons (Fsp3) is 0.364. The highest BCUT2D eigenvalue weighted by atomic mass is 32.1. The second-order valence-electron chi connectivity index (χ2n) is 7.90. The standard InChI is InChI=1S/C22H21N3O3S/c1-2-12-3-5-13(6-4-12)16-11-29-22(23-16)24-17(26)10-25-20(27)18-14-7-8-15(9-14)19(18)21(25)28/h3-8,11,14-15,18-19H,2,9-10H2,1H3,(H,23,24,26). The fourth-order valence-corrected chi connectivity index (χ4v) is 5.53. The molecule has 3 aliphatic rings. The first kappa shape index (κ1) is 18.2. The molecule has 2 bridgehead atoms. The van der Waals surface area contributed by atoms with Crippen LogP contribution in [0.5, 0.6) is 0 Å². The molecule has 6 nitrogen and oxygen atoms in total. The molecule has 7 heteroatoms. The van der Waals surface area contributed by atoms with Gasteiger partial charge in [0, 0.05) is 10.9 Å². The number of nitrogens with one attached hydrogen (secondary N) is 1. The maximum atomic E-state index is 12.7. The average Bonchev–Trinajstić information content (AvgIpc) is 3.50. The maximum absolute atomic E-state index is 12.7. The monoisotopic (exact) mass is 407 g/mol. The summed E-state index contributed by atoms with van der Waals surface area (Å²) < 4.78 is 0. The fourth-order valence-electron chi connectivity index (χ4n) is 4.80. The molecule has 4 unspecified atom stereocenters. The van der Waals surface area contributed by atoms with E-state index in [1.807, 2.05) is 29.7 Å². The van der Waals surface area contributed by atoms with Gasteiger partial charge in [0.15, 0.2) is 5.13 Å². The first-order valence-corrected chi connectivity index (χ1v) is 10.8. The van der Waals surface area contributed by atoms with Gasteiger partial charge in [-0.1, -0.05) is 43.3 Å². The summed E-state index contributed by atoms with van der Waals surface area (Å²) in [6.07, 6.45) is 5.95. The van der Waals surface area contributed by atoms with Crippen molar-refractivity contribution in [2.75, 3.05) is 11.9 Å². The van der Waals surface area contributed by atoms with Gasteiger partial charge in [-0.15, -0.1) is 11.3 Å². The summed E-state index contributed by atoms with van der Waals surface area (Å²) in [6.45, 7) is 1.86. The number of thiazole rings is 1. The van der Waals surface area contributed by atoms with Crippen molar-refractivity contribution in [2.24, 2.45) is 23.7 Å². The van der Waals surface area contributed by atoms with Gasteiger partial charge in [0.05, 0.1) is 17.5 Å². The van der Waals surface area contributed by atoms with E-state index in [0.29, 0.717) is 5.13 Å². The van der Waals surface area contributed by atoms with Crippen molar-refractivity contribution >= 4 is 34.2 Å². The van der Waals surface area contributed by atoms with Crippen LogP contribution in [0.4, 0.5) is 5.13 Å². The highest BCUT2D eigenvalue weighted by molar-refractivity contribution is 7.14. The molecule has 0 radical (unpaired) electrons. The van der Waals surface area contributed by atoms with E-state index in [4.69, 9.17) is 0 Å². The predicted octanol–water partition coefficient (Wildman–Crippen LogP) is 3.12. The molecule has 4 atom stereocenters. The van der Waals surface area contributed by atoms with Gasteiger partial charge < -0.3 is 5.32 Å². The Morgan fingerprint density at radius 2 is 1.79 bits per heavy atom. The number of nitrogens with zero attached hydrogens (tertiary/aromatic N) is 2. The van der Waals surface area contributed by atoms with Gasteiger partial charge in [0.1, 0.15) is 6.54 Å². The SMILES string of the molecule is CCc1ccc(-c2csc(NC(=O)CN3C(=O)C4C5C=CC(C5)C4C3=O)n2)cc1. The van der Waals surface area contributed by atoms with Crippen molar-refractivity contribution < 1.29 is 14.4 Å². The largest absolute Gasteiger partial charge is 0.300 e. The summed E-state index contributed by atoms with van der Waals surface area (Å²) in [7, 11) is 0. The topological polar surface area (TPSA) is 79.4 Å². The van der Waals surface area contributed by atoms with E-state index in [9.17, 15) is 14.4 Å². The van der Waals surface area contributed by atoms with Gasteiger partial charge in [0.25, 0.3) is 0 Å². The van der Waals surface area contributed by atoms with E-state index in [0.717, 1.165) is 29.0 Å². The number of anilines is 1. The maximum Gasteiger partial charge on any atom is 0.246 e. The van der Waals surface area contributed by atoms with Crippen LogP contribution in [0.25, 0.3) is 11.3 Å². The van der Waals surface area contributed by atoms with Crippen LogP contribution in [-0.2, 0) is 20.8 Å². The molecule has 2 aliphatic carbocycles. The quantitative estimate of drug-likeness (QED) is 0.610. The van der Waals surface area contributed by atoms with E-state index < -0.39 is 5.91 Å². The van der Waals surface area contributed by atoms with Crippen LogP contribution in [0.3, 0.4) is 0 Å². The van der Waals surface area contributed by atoms with Gasteiger partial charge in [-0.25, -0.2) is 4.98 Å². The average molecular weight is 407 g/mol. The van der Waals surface area contributed by atoms with Crippen LogP contribution in [0.1, 0.15) is 18.9 Å². The van der Waals surface area contributed by atoms with Gasteiger partial charge >= 0.3 is 0 Å². The summed E-state index contributed by atoms with van der Waals surface area (Å²) in [4.78, 5) is 43.5. The van der Waals surface area contributed by atoms with E-state index in [2.05, 4.69) is 29.4 Å². The van der Waals surface area contributed by atoms with Crippen molar-refractivity contribution in [3.8, 4) is 11.3 Å². The Hall–Kier alpha value is -2.80. The number of benzene rings is 1. The molecular formula is C22H21N3O3S. The van der Waals surface area contributed by atoms with Gasteiger partial charge in [-0.05, 0) is 30.2 Å². The summed E-state index contributed by atoms with van der Waals surface area (Å²) >= 11 is 1.33. The molecule has 1 aromatic carbocycles. The molecule has 2 heterocycles. The normalized spacial score (nSPS) is 27.0. The number of hydrogen-bond donors (Lipinski definition) is 1. The Balaban J connectivity index is 1.24. The summed E-state index contributed by atoms with van der Waals surface area (Å²) in [5, 5.41) is 5.08. The summed E-state index contributed by atoms with van der Waals surface area (Å²) in [5.41, 5.74) is 3.03. The molecule has 29 heavy (non-hydrogen) atoms. The number of allylic oxidation sites excluding steroid dienone is 2. The van der Waals surface area contributed by atoms with Crippen LogP contribution in [-0.4, -0.2) is 34.2 Å². The summed E-state index contributed by atoms with van der Waals surface area (Å²) in [6, 6.07) is 8.16. The molecule has 2 fully saturated rings. The number of likely N-dealkylation sites (tertiary alicyclic amines) is 1. The zero-order valence-corrected chi connectivity index (χ0v) is 16.8. The number of carbonyl (C=O) groups excluding carboxylic acids is 3. The molecule has 1 N–H and O–H groups in total. The third kappa shape index (κ3) is 3.00. The number of carbonyl (C=O) groups is 3. The molecule has 1 saturated carbocycles. The first-order valence-electron chi connectivity index (χ1n) is 9.93. The lowest BCUT2D eigenvalue weighted by molar-refractivity contribution is -0.143. The third-order valence-electron chi connectivity index (χ3n) is 6.27. The number of rotatable bonds is 5. The molecule has 148 valence electrons. The van der Waals surface area contributed by atoms with Crippen molar-refractivity contribution in [3.63, 3.8) is 0 Å². The van der Waals surface area contributed by atoms with Crippen LogP contribution >= 0.6 is 11.3 Å². The zero-order chi connectivity index (χ0) is 20.1. The van der Waals surface area contributed by atoms with E-state index in [1.54, 1.807) is 0 Å². The number of aryl methyl sites for hydroxylation is 1. The molecule has 2 aromatic rings. The molecule has 3 amide bonds. The smallest absolute Gasteiger partial charge is 0.246 e. The number of amides is 3. The van der Waals surface area contributed by atoms with Gasteiger partial charge in [-0.3, -0.25) is 19.3 Å². The molecule has 0 spiro atoms.